The summed E-state index contributed by atoms with van der Waals surface area (Å²) >= 11 is 0. The molecular weight excluding hydrogens is 238 g/mol. The predicted molar refractivity (Wildman–Crippen MR) is 75.2 cm³/mol. The molecule has 0 aliphatic carbocycles. The van der Waals surface area contributed by atoms with Crippen LogP contribution in [0.4, 0.5) is 0 Å². The van der Waals surface area contributed by atoms with Crippen LogP contribution < -0.4 is 5.73 Å². The van der Waals surface area contributed by atoms with Crippen molar-refractivity contribution in [1.29, 1.82) is 0 Å². The molecule has 102 valence electrons. The Hall–Kier alpha value is -1.75. The zero-order valence-corrected chi connectivity index (χ0v) is 12.2. The fraction of sp³-hybridized carbons (Fsp3) is 0.500. The average molecular weight is 259 g/mol. The summed E-state index contributed by atoms with van der Waals surface area (Å²) in [6.07, 6.45) is 0. The number of hydrogen-bond acceptors (Lipinski definition) is 4. The third kappa shape index (κ3) is 2.81. The fourth-order valence-electron chi connectivity index (χ4n) is 1.92. The molecule has 2 rings (SSSR count). The van der Waals surface area contributed by atoms with E-state index < -0.39 is 0 Å². The Morgan fingerprint density at radius 1 is 1.16 bits per heavy atom. The first-order chi connectivity index (χ1) is 8.81. The van der Waals surface area contributed by atoms with Gasteiger partial charge in [0.05, 0.1) is 0 Å². The molecule has 0 radical (unpaired) electrons. The second-order valence-corrected chi connectivity index (χ2v) is 5.79. The summed E-state index contributed by atoms with van der Waals surface area (Å²) in [5.74, 6) is 2.36. The Kier molecular flexibility index (Phi) is 3.41. The van der Waals surface area contributed by atoms with Crippen LogP contribution in [0.5, 0.6) is 0 Å². The lowest BCUT2D eigenvalue weighted by Gasteiger charge is -2.19. The molecule has 5 heteroatoms. The zero-order chi connectivity index (χ0) is 14.2. The van der Waals surface area contributed by atoms with Gasteiger partial charge in [0, 0.05) is 17.7 Å². The zero-order valence-electron chi connectivity index (χ0n) is 12.2. The number of aromatic nitrogens is 4. The lowest BCUT2D eigenvalue weighted by atomic mass is 9.91. The van der Waals surface area contributed by atoms with Crippen molar-refractivity contribution in [2.45, 2.75) is 46.6 Å². The monoisotopic (exact) mass is 259 g/mol. The van der Waals surface area contributed by atoms with E-state index >= 15 is 0 Å². The minimum absolute atomic E-state index is 0.0243. The van der Waals surface area contributed by atoms with Gasteiger partial charge in [0.2, 0.25) is 0 Å². The smallest absolute Gasteiger partial charge is 0.156 e. The molecule has 2 aromatic heterocycles. The van der Waals surface area contributed by atoms with E-state index in [1.165, 1.54) is 0 Å². The van der Waals surface area contributed by atoms with E-state index in [-0.39, 0.29) is 5.41 Å². The largest absolute Gasteiger partial charge is 0.326 e. The number of aryl methyl sites for hydroxylation is 2. The SMILES string of the molecule is Cc1nc(C)n(-c2cc(CN)cc(C(C)(C)C)n2)n1. The van der Waals surface area contributed by atoms with Crippen molar-refractivity contribution in [3.05, 3.63) is 35.0 Å². The summed E-state index contributed by atoms with van der Waals surface area (Å²) in [5, 5.41) is 4.38. The molecule has 0 aromatic carbocycles. The normalized spacial score (nSPS) is 11.9. The van der Waals surface area contributed by atoms with E-state index in [0.29, 0.717) is 6.54 Å². The number of pyridine rings is 1. The summed E-state index contributed by atoms with van der Waals surface area (Å²) in [6, 6.07) is 4.03. The Labute approximate surface area is 113 Å². The summed E-state index contributed by atoms with van der Waals surface area (Å²) < 4.78 is 1.77. The fourth-order valence-corrected chi connectivity index (χ4v) is 1.92. The lowest BCUT2D eigenvalue weighted by Crippen LogP contribution is -2.17. The minimum Gasteiger partial charge on any atom is -0.326 e. The van der Waals surface area contributed by atoms with Gasteiger partial charge in [0.25, 0.3) is 0 Å². The van der Waals surface area contributed by atoms with E-state index in [9.17, 15) is 0 Å². The van der Waals surface area contributed by atoms with Gasteiger partial charge in [-0.1, -0.05) is 20.8 Å². The molecule has 0 aliphatic heterocycles. The van der Waals surface area contributed by atoms with Gasteiger partial charge in [-0.2, -0.15) is 4.68 Å². The van der Waals surface area contributed by atoms with Crippen LogP contribution in [-0.2, 0) is 12.0 Å². The second-order valence-electron chi connectivity index (χ2n) is 5.79. The standard InChI is InChI=1S/C14H21N5/c1-9-16-10(2)19(18-9)13-7-11(8-15)6-12(17-13)14(3,4)5/h6-7H,8,15H2,1-5H3. The van der Waals surface area contributed by atoms with E-state index in [0.717, 1.165) is 28.7 Å². The van der Waals surface area contributed by atoms with Gasteiger partial charge in [0.15, 0.2) is 5.82 Å². The molecule has 0 unspecified atom stereocenters. The highest BCUT2D eigenvalue weighted by atomic mass is 15.4. The van der Waals surface area contributed by atoms with Crippen molar-refractivity contribution < 1.29 is 0 Å². The molecule has 0 saturated carbocycles. The quantitative estimate of drug-likeness (QED) is 0.896. The first kappa shape index (κ1) is 13.7. The Balaban J connectivity index is 2.60. The second kappa shape index (κ2) is 4.74. The molecule has 5 nitrogen and oxygen atoms in total. The number of nitrogens with two attached hydrogens (primary N) is 1. The average Bonchev–Trinajstić information content (AvgIpc) is 2.66. The molecule has 0 atom stereocenters. The van der Waals surface area contributed by atoms with Crippen LogP contribution in [0.25, 0.3) is 5.82 Å². The first-order valence-corrected chi connectivity index (χ1v) is 6.43. The van der Waals surface area contributed by atoms with Crippen LogP contribution in [-0.4, -0.2) is 19.7 Å². The third-order valence-electron chi connectivity index (χ3n) is 2.97. The van der Waals surface area contributed by atoms with Crippen LogP contribution >= 0.6 is 0 Å². The molecule has 0 saturated heterocycles. The summed E-state index contributed by atoms with van der Waals surface area (Å²) in [7, 11) is 0. The maximum Gasteiger partial charge on any atom is 0.156 e. The molecule has 2 N–H and O–H groups in total. The summed E-state index contributed by atoms with van der Waals surface area (Å²) in [5.41, 5.74) is 7.82. The van der Waals surface area contributed by atoms with Crippen LogP contribution in [0.2, 0.25) is 0 Å². The highest BCUT2D eigenvalue weighted by molar-refractivity contribution is 5.33. The van der Waals surface area contributed by atoms with Gasteiger partial charge in [-0.3, -0.25) is 0 Å². The lowest BCUT2D eigenvalue weighted by molar-refractivity contribution is 0.564. The van der Waals surface area contributed by atoms with E-state index in [2.05, 4.69) is 36.9 Å². The number of nitrogens with zero attached hydrogens (tertiary/aromatic N) is 4. The number of hydrogen-bond donors (Lipinski definition) is 1. The maximum absolute atomic E-state index is 5.78. The van der Waals surface area contributed by atoms with Gasteiger partial charge in [-0.05, 0) is 31.5 Å². The van der Waals surface area contributed by atoms with Gasteiger partial charge < -0.3 is 5.73 Å². The third-order valence-corrected chi connectivity index (χ3v) is 2.97. The number of rotatable bonds is 2. The van der Waals surface area contributed by atoms with Gasteiger partial charge in [-0.15, -0.1) is 5.10 Å². The van der Waals surface area contributed by atoms with Gasteiger partial charge in [0.1, 0.15) is 11.6 Å². The van der Waals surface area contributed by atoms with Crippen LogP contribution in [0, 0.1) is 13.8 Å². The Bertz CT molecular complexity index is 592. The van der Waals surface area contributed by atoms with Crippen LogP contribution in [0.1, 0.15) is 43.7 Å². The Morgan fingerprint density at radius 2 is 1.84 bits per heavy atom. The summed E-state index contributed by atoms with van der Waals surface area (Å²) in [4.78, 5) is 9.02. The van der Waals surface area contributed by atoms with Crippen molar-refractivity contribution in [1.82, 2.24) is 19.7 Å². The van der Waals surface area contributed by atoms with Crippen molar-refractivity contribution in [3.8, 4) is 5.82 Å². The molecule has 0 spiro atoms. The Morgan fingerprint density at radius 3 is 2.32 bits per heavy atom. The molecule has 2 aromatic rings. The highest BCUT2D eigenvalue weighted by Gasteiger charge is 2.18. The van der Waals surface area contributed by atoms with Crippen molar-refractivity contribution in [2.24, 2.45) is 5.73 Å². The first-order valence-electron chi connectivity index (χ1n) is 6.43. The molecule has 0 amide bonds. The molecule has 0 fully saturated rings. The van der Waals surface area contributed by atoms with Crippen LogP contribution in [0.15, 0.2) is 12.1 Å². The van der Waals surface area contributed by atoms with Gasteiger partial charge >= 0.3 is 0 Å². The topological polar surface area (TPSA) is 69.6 Å². The van der Waals surface area contributed by atoms with Crippen molar-refractivity contribution in [3.63, 3.8) is 0 Å². The molecule has 0 bridgehead atoms. The molecule has 0 aliphatic rings. The molecule has 2 heterocycles. The van der Waals surface area contributed by atoms with E-state index in [4.69, 9.17) is 10.7 Å². The van der Waals surface area contributed by atoms with Crippen LogP contribution in [0.3, 0.4) is 0 Å². The van der Waals surface area contributed by atoms with E-state index in [1.54, 1.807) is 4.68 Å². The minimum atomic E-state index is -0.0243. The molecule has 19 heavy (non-hydrogen) atoms. The predicted octanol–water partition coefficient (Wildman–Crippen LogP) is 2.04. The highest BCUT2D eigenvalue weighted by Crippen LogP contribution is 2.23. The maximum atomic E-state index is 5.78. The van der Waals surface area contributed by atoms with Gasteiger partial charge in [-0.25, -0.2) is 9.97 Å². The molecular formula is C14H21N5. The van der Waals surface area contributed by atoms with Crippen molar-refractivity contribution >= 4 is 0 Å². The summed E-state index contributed by atoms with van der Waals surface area (Å²) in [6.45, 7) is 10.7. The van der Waals surface area contributed by atoms with Crippen molar-refractivity contribution in [2.75, 3.05) is 0 Å². The van der Waals surface area contributed by atoms with E-state index in [1.807, 2.05) is 19.9 Å².